The standard InChI is InChI=1S/C28H32FN3O2/c29-23-10-6-7-21(19-23)13-16-31-26(33)24-11-4-5-12-25(24)27(34)32-17-14-28(20-30,15-18-32)22-8-2-1-3-9-22/h1-3,6-10,19,24-25H,4-5,11-18H2,(H,31,33). The van der Waals surface area contributed by atoms with Crippen molar-refractivity contribution in [3.05, 3.63) is 71.5 Å². The van der Waals surface area contributed by atoms with Crippen molar-refractivity contribution in [1.29, 1.82) is 5.26 Å². The van der Waals surface area contributed by atoms with Crippen molar-refractivity contribution in [3.8, 4) is 6.07 Å². The van der Waals surface area contributed by atoms with Crippen molar-refractivity contribution < 1.29 is 14.0 Å². The third-order valence-corrected chi connectivity index (χ3v) is 7.49. The Hall–Kier alpha value is -3.20. The van der Waals surface area contributed by atoms with Crippen LogP contribution in [0.15, 0.2) is 54.6 Å². The van der Waals surface area contributed by atoms with E-state index in [0.717, 1.165) is 30.4 Å². The van der Waals surface area contributed by atoms with Gasteiger partial charge in [-0.3, -0.25) is 9.59 Å². The first-order chi connectivity index (χ1) is 16.5. The molecule has 1 saturated carbocycles. The predicted molar refractivity (Wildman–Crippen MR) is 128 cm³/mol. The van der Waals surface area contributed by atoms with Gasteiger partial charge in [0.1, 0.15) is 5.82 Å². The van der Waals surface area contributed by atoms with Gasteiger partial charge in [-0.1, -0.05) is 55.3 Å². The molecule has 2 unspecified atom stereocenters. The topological polar surface area (TPSA) is 73.2 Å². The van der Waals surface area contributed by atoms with Crippen LogP contribution in [0.5, 0.6) is 0 Å². The van der Waals surface area contributed by atoms with Gasteiger partial charge in [0.05, 0.1) is 11.5 Å². The summed E-state index contributed by atoms with van der Waals surface area (Å²) in [7, 11) is 0. The molecule has 2 atom stereocenters. The van der Waals surface area contributed by atoms with E-state index in [0.29, 0.717) is 45.3 Å². The van der Waals surface area contributed by atoms with Gasteiger partial charge in [0.25, 0.3) is 0 Å². The fraction of sp³-hybridized carbons (Fsp3) is 0.464. The molecule has 1 N–H and O–H groups in total. The fourth-order valence-electron chi connectivity index (χ4n) is 5.46. The second kappa shape index (κ2) is 10.8. The second-order valence-electron chi connectivity index (χ2n) is 9.55. The van der Waals surface area contributed by atoms with Crippen molar-refractivity contribution in [1.82, 2.24) is 10.2 Å². The van der Waals surface area contributed by atoms with Crippen molar-refractivity contribution in [2.24, 2.45) is 11.8 Å². The Bertz CT molecular complexity index is 1040. The second-order valence-corrected chi connectivity index (χ2v) is 9.55. The quantitative estimate of drug-likeness (QED) is 0.694. The molecule has 1 aliphatic heterocycles. The lowest BCUT2D eigenvalue weighted by Gasteiger charge is -2.40. The molecule has 2 amide bonds. The lowest BCUT2D eigenvalue weighted by molar-refractivity contribution is -0.144. The van der Waals surface area contributed by atoms with E-state index >= 15 is 0 Å². The number of rotatable bonds is 6. The largest absolute Gasteiger partial charge is 0.356 e. The van der Waals surface area contributed by atoms with Crippen molar-refractivity contribution in [3.63, 3.8) is 0 Å². The number of benzene rings is 2. The Morgan fingerprint density at radius 2 is 1.74 bits per heavy atom. The molecule has 1 aliphatic carbocycles. The van der Waals surface area contributed by atoms with Crippen LogP contribution < -0.4 is 5.32 Å². The first-order valence-electron chi connectivity index (χ1n) is 12.3. The predicted octanol–water partition coefficient (Wildman–Crippen LogP) is 4.37. The minimum atomic E-state index is -0.557. The summed E-state index contributed by atoms with van der Waals surface area (Å²) in [6.07, 6.45) is 5.09. The molecule has 2 aromatic carbocycles. The van der Waals surface area contributed by atoms with Crippen molar-refractivity contribution in [2.45, 2.75) is 50.4 Å². The average Bonchev–Trinajstić information content (AvgIpc) is 2.89. The zero-order valence-corrected chi connectivity index (χ0v) is 19.5. The Labute approximate surface area is 201 Å². The minimum Gasteiger partial charge on any atom is -0.356 e. The molecule has 6 heteroatoms. The number of nitrogens with one attached hydrogen (secondary N) is 1. The molecule has 5 nitrogen and oxygen atoms in total. The van der Waals surface area contributed by atoms with Crippen LogP contribution in [0.1, 0.15) is 49.7 Å². The maximum absolute atomic E-state index is 13.5. The average molecular weight is 462 g/mol. The minimum absolute atomic E-state index is 0.0459. The van der Waals surface area contributed by atoms with Crippen LogP contribution in [0.3, 0.4) is 0 Å². The van der Waals surface area contributed by atoms with Gasteiger partial charge in [0.2, 0.25) is 11.8 Å². The molecule has 178 valence electrons. The van der Waals surface area contributed by atoms with E-state index in [-0.39, 0.29) is 29.5 Å². The zero-order valence-electron chi connectivity index (χ0n) is 19.5. The summed E-state index contributed by atoms with van der Waals surface area (Å²) in [6, 6.07) is 18.7. The van der Waals surface area contributed by atoms with Crippen molar-refractivity contribution in [2.75, 3.05) is 19.6 Å². The van der Waals surface area contributed by atoms with E-state index in [1.165, 1.54) is 12.1 Å². The Morgan fingerprint density at radius 1 is 1.03 bits per heavy atom. The number of hydrogen-bond donors (Lipinski definition) is 1. The van der Waals surface area contributed by atoms with E-state index in [9.17, 15) is 19.2 Å². The van der Waals surface area contributed by atoms with Crippen LogP contribution in [0, 0.1) is 29.0 Å². The highest BCUT2D eigenvalue weighted by atomic mass is 19.1. The fourth-order valence-corrected chi connectivity index (χ4v) is 5.46. The number of carbonyl (C=O) groups is 2. The first kappa shape index (κ1) is 23.9. The summed E-state index contributed by atoms with van der Waals surface area (Å²) in [6.45, 7) is 1.49. The highest BCUT2D eigenvalue weighted by Crippen LogP contribution is 2.37. The molecule has 0 aromatic heterocycles. The molecule has 34 heavy (non-hydrogen) atoms. The van der Waals surface area contributed by atoms with Crippen LogP contribution in [0.4, 0.5) is 4.39 Å². The molecular weight excluding hydrogens is 429 g/mol. The lowest BCUT2D eigenvalue weighted by Crippen LogP contribution is -2.50. The third-order valence-electron chi connectivity index (χ3n) is 7.49. The van der Waals surface area contributed by atoms with E-state index in [1.54, 1.807) is 6.07 Å². The maximum Gasteiger partial charge on any atom is 0.226 e. The van der Waals surface area contributed by atoms with Gasteiger partial charge in [0, 0.05) is 31.5 Å². The van der Waals surface area contributed by atoms with Gasteiger partial charge in [-0.05, 0) is 55.4 Å². The number of likely N-dealkylation sites (tertiary alicyclic amines) is 1. The summed E-state index contributed by atoms with van der Waals surface area (Å²) < 4.78 is 13.4. The molecule has 2 aliphatic rings. The Kier molecular flexibility index (Phi) is 7.62. The van der Waals surface area contributed by atoms with Crippen LogP contribution in [0.25, 0.3) is 0 Å². The van der Waals surface area contributed by atoms with Gasteiger partial charge >= 0.3 is 0 Å². The summed E-state index contributed by atoms with van der Waals surface area (Å²) >= 11 is 0. The molecule has 0 bridgehead atoms. The number of carbonyl (C=O) groups excluding carboxylic acids is 2. The molecule has 1 saturated heterocycles. The number of nitrogens with zero attached hydrogens (tertiary/aromatic N) is 2. The normalized spacial score (nSPS) is 21.9. The van der Waals surface area contributed by atoms with Crippen LogP contribution in [-0.4, -0.2) is 36.3 Å². The SMILES string of the molecule is N#CC1(c2ccccc2)CCN(C(=O)C2CCCCC2C(=O)NCCc2cccc(F)c2)CC1. The highest BCUT2D eigenvalue weighted by Gasteiger charge is 2.42. The van der Waals surface area contributed by atoms with Gasteiger partial charge < -0.3 is 10.2 Å². The monoisotopic (exact) mass is 461 g/mol. The summed E-state index contributed by atoms with van der Waals surface area (Å²) in [5.41, 5.74) is 1.29. The van der Waals surface area contributed by atoms with Crippen LogP contribution >= 0.6 is 0 Å². The number of amides is 2. The van der Waals surface area contributed by atoms with E-state index in [1.807, 2.05) is 41.3 Å². The molecule has 2 aromatic rings. The maximum atomic E-state index is 13.5. The molecular formula is C28H32FN3O2. The van der Waals surface area contributed by atoms with Gasteiger partial charge in [0.15, 0.2) is 0 Å². The summed E-state index contributed by atoms with van der Waals surface area (Å²) in [4.78, 5) is 28.3. The van der Waals surface area contributed by atoms with Gasteiger partial charge in [-0.15, -0.1) is 0 Å². The first-order valence-corrected chi connectivity index (χ1v) is 12.3. The van der Waals surface area contributed by atoms with E-state index < -0.39 is 5.41 Å². The third kappa shape index (κ3) is 5.30. The molecule has 2 fully saturated rings. The molecule has 4 rings (SSSR count). The van der Waals surface area contributed by atoms with Crippen LogP contribution in [-0.2, 0) is 21.4 Å². The molecule has 1 heterocycles. The van der Waals surface area contributed by atoms with Gasteiger partial charge in [-0.25, -0.2) is 4.39 Å². The van der Waals surface area contributed by atoms with Crippen LogP contribution in [0.2, 0.25) is 0 Å². The Balaban J connectivity index is 1.35. The van der Waals surface area contributed by atoms with E-state index in [4.69, 9.17) is 0 Å². The zero-order chi connectivity index (χ0) is 24.0. The lowest BCUT2D eigenvalue weighted by atomic mass is 9.73. The number of piperidine rings is 1. The van der Waals surface area contributed by atoms with Crippen molar-refractivity contribution >= 4 is 11.8 Å². The van der Waals surface area contributed by atoms with Gasteiger partial charge in [-0.2, -0.15) is 5.26 Å². The molecule has 0 radical (unpaired) electrons. The smallest absolute Gasteiger partial charge is 0.226 e. The number of hydrogen-bond acceptors (Lipinski definition) is 3. The molecule has 0 spiro atoms. The summed E-state index contributed by atoms with van der Waals surface area (Å²) in [5, 5.41) is 12.9. The Morgan fingerprint density at radius 3 is 2.41 bits per heavy atom. The highest BCUT2D eigenvalue weighted by molar-refractivity contribution is 5.88. The number of nitriles is 1. The van der Waals surface area contributed by atoms with E-state index in [2.05, 4.69) is 11.4 Å². The number of halogens is 1. The summed E-state index contributed by atoms with van der Waals surface area (Å²) in [5.74, 6) is -0.956.